The normalized spacial score (nSPS) is 12.3. The Hall–Kier alpha value is -3.03. The van der Waals surface area contributed by atoms with Gasteiger partial charge >= 0.3 is 5.97 Å². The lowest BCUT2D eigenvalue weighted by molar-refractivity contribution is -0.146. The topological polar surface area (TPSA) is 103 Å². The van der Waals surface area contributed by atoms with E-state index >= 15 is 0 Å². The molecule has 1 aromatic heterocycles. The van der Waals surface area contributed by atoms with Crippen LogP contribution in [0.4, 0.5) is 5.69 Å². The maximum Gasteiger partial charge on any atom is 0.331 e. The van der Waals surface area contributed by atoms with E-state index in [1.807, 2.05) is 0 Å². The molecular weight excluding hydrogens is 326 g/mol. The lowest BCUT2D eigenvalue weighted by Gasteiger charge is -2.19. The molecule has 8 heteroatoms. The van der Waals surface area contributed by atoms with Crippen LogP contribution in [-0.4, -0.2) is 40.0 Å². The van der Waals surface area contributed by atoms with Gasteiger partial charge in [0.15, 0.2) is 11.6 Å². The van der Waals surface area contributed by atoms with Crippen LogP contribution in [0, 0.1) is 0 Å². The first-order chi connectivity index (χ1) is 11.7. The molecule has 0 saturated heterocycles. The van der Waals surface area contributed by atoms with E-state index in [0.717, 1.165) is 0 Å². The van der Waals surface area contributed by atoms with Crippen LogP contribution in [0.2, 0.25) is 0 Å². The summed E-state index contributed by atoms with van der Waals surface area (Å²) in [6, 6.07) is 6.88. The highest BCUT2D eigenvalue weighted by Gasteiger charge is 2.30. The predicted molar refractivity (Wildman–Crippen MR) is 90.9 cm³/mol. The largest absolute Gasteiger partial charge is 0.497 e. The van der Waals surface area contributed by atoms with Crippen molar-refractivity contribution in [2.24, 2.45) is 0 Å². The number of carbonyl (C=O) groups excluding carboxylic acids is 1. The molecule has 1 atom stereocenters. The summed E-state index contributed by atoms with van der Waals surface area (Å²) >= 11 is 0. The molecule has 1 heterocycles. The van der Waals surface area contributed by atoms with Crippen molar-refractivity contribution >= 4 is 17.6 Å². The van der Waals surface area contributed by atoms with Crippen molar-refractivity contribution in [2.75, 3.05) is 12.4 Å². The number of aliphatic carboxylic acids is 1. The van der Waals surface area contributed by atoms with Gasteiger partial charge in [0.2, 0.25) is 0 Å². The molecule has 2 N–H and O–H groups in total. The van der Waals surface area contributed by atoms with Crippen molar-refractivity contribution < 1.29 is 24.2 Å². The lowest BCUT2D eigenvalue weighted by Crippen LogP contribution is -2.36. The van der Waals surface area contributed by atoms with Crippen LogP contribution in [-0.2, 0) is 15.1 Å². The lowest BCUT2D eigenvalue weighted by atomic mass is 10.1. The highest BCUT2D eigenvalue weighted by Crippen LogP contribution is 2.20. The van der Waals surface area contributed by atoms with Gasteiger partial charge in [0.05, 0.1) is 19.0 Å². The molecule has 0 radical (unpaired) electrons. The number of carboxylic acid groups (broad SMARTS) is 1. The van der Waals surface area contributed by atoms with Crippen molar-refractivity contribution in [3.8, 4) is 11.5 Å². The van der Waals surface area contributed by atoms with Crippen molar-refractivity contribution in [2.45, 2.75) is 32.4 Å². The third-order valence-electron chi connectivity index (χ3n) is 3.69. The van der Waals surface area contributed by atoms with Gasteiger partial charge in [-0.05, 0) is 45.0 Å². The van der Waals surface area contributed by atoms with Gasteiger partial charge in [-0.15, -0.1) is 0 Å². The SMILES string of the molecule is COc1ccc(OC(C)C(=O)Nc2cnn(C(C)(C)C(=O)O)c2)cc1. The fraction of sp³-hybridized carbons (Fsp3) is 0.353. The first-order valence-electron chi connectivity index (χ1n) is 7.64. The maximum absolute atomic E-state index is 12.2. The third-order valence-corrected chi connectivity index (χ3v) is 3.69. The zero-order chi connectivity index (χ0) is 18.6. The average Bonchev–Trinajstić information content (AvgIpc) is 3.04. The minimum absolute atomic E-state index is 0.372. The number of carboxylic acids is 1. The van der Waals surface area contributed by atoms with Crippen molar-refractivity contribution in [1.82, 2.24) is 9.78 Å². The van der Waals surface area contributed by atoms with E-state index in [1.165, 1.54) is 30.9 Å². The highest BCUT2D eigenvalue weighted by atomic mass is 16.5. The summed E-state index contributed by atoms with van der Waals surface area (Å²) in [5.74, 6) is -0.169. The zero-order valence-electron chi connectivity index (χ0n) is 14.5. The number of amides is 1. The van der Waals surface area contributed by atoms with E-state index in [-0.39, 0.29) is 5.91 Å². The van der Waals surface area contributed by atoms with Gasteiger partial charge in [0, 0.05) is 6.20 Å². The van der Waals surface area contributed by atoms with Gasteiger partial charge in [-0.25, -0.2) is 4.79 Å². The molecule has 0 saturated carbocycles. The number of nitrogens with one attached hydrogen (secondary N) is 1. The molecule has 2 aromatic rings. The minimum Gasteiger partial charge on any atom is -0.497 e. The molecule has 25 heavy (non-hydrogen) atoms. The summed E-state index contributed by atoms with van der Waals surface area (Å²) in [5.41, 5.74) is -0.821. The fourth-order valence-corrected chi connectivity index (χ4v) is 1.95. The highest BCUT2D eigenvalue weighted by molar-refractivity contribution is 5.93. The van der Waals surface area contributed by atoms with E-state index in [0.29, 0.717) is 17.2 Å². The molecule has 1 unspecified atom stereocenters. The Labute approximate surface area is 145 Å². The molecule has 0 spiro atoms. The number of aromatic nitrogens is 2. The number of hydrogen-bond acceptors (Lipinski definition) is 5. The second kappa shape index (κ2) is 7.25. The van der Waals surface area contributed by atoms with E-state index in [2.05, 4.69) is 10.4 Å². The molecule has 134 valence electrons. The summed E-state index contributed by atoms with van der Waals surface area (Å²) in [4.78, 5) is 23.5. The number of hydrogen-bond donors (Lipinski definition) is 2. The summed E-state index contributed by atoms with van der Waals surface area (Å²) in [6.07, 6.45) is 2.11. The van der Waals surface area contributed by atoms with Crippen LogP contribution >= 0.6 is 0 Å². The van der Waals surface area contributed by atoms with Gasteiger partial charge in [0.25, 0.3) is 5.91 Å². The third kappa shape index (κ3) is 4.28. The Morgan fingerprint density at radius 2 is 1.84 bits per heavy atom. The van der Waals surface area contributed by atoms with Crippen molar-refractivity contribution in [3.63, 3.8) is 0 Å². The van der Waals surface area contributed by atoms with Gasteiger partial charge in [-0.2, -0.15) is 5.10 Å². The van der Waals surface area contributed by atoms with Gasteiger partial charge < -0.3 is 19.9 Å². The van der Waals surface area contributed by atoms with E-state index in [1.54, 1.807) is 38.3 Å². The Kier molecular flexibility index (Phi) is 5.31. The molecule has 2 rings (SSSR count). The molecular formula is C17H21N3O5. The zero-order valence-corrected chi connectivity index (χ0v) is 14.5. The van der Waals surface area contributed by atoms with E-state index in [9.17, 15) is 14.7 Å². The molecule has 0 aliphatic heterocycles. The number of rotatable bonds is 7. The first kappa shape index (κ1) is 18.3. The van der Waals surface area contributed by atoms with Crippen molar-refractivity contribution in [1.29, 1.82) is 0 Å². The predicted octanol–water partition coefficient (Wildman–Crippen LogP) is 2.12. The van der Waals surface area contributed by atoms with Crippen molar-refractivity contribution in [3.05, 3.63) is 36.7 Å². The van der Waals surface area contributed by atoms with Crippen LogP contribution in [0.1, 0.15) is 20.8 Å². The molecule has 0 bridgehead atoms. The van der Waals surface area contributed by atoms with Gasteiger partial charge in [-0.1, -0.05) is 0 Å². The van der Waals surface area contributed by atoms with Gasteiger partial charge in [-0.3, -0.25) is 9.48 Å². The number of anilines is 1. The number of carbonyl (C=O) groups is 2. The smallest absolute Gasteiger partial charge is 0.331 e. The van der Waals surface area contributed by atoms with Crippen LogP contribution in [0.5, 0.6) is 11.5 Å². The fourth-order valence-electron chi connectivity index (χ4n) is 1.95. The van der Waals surface area contributed by atoms with E-state index < -0.39 is 17.6 Å². The minimum atomic E-state index is -1.21. The average molecular weight is 347 g/mol. The summed E-state index contributed by atoms with van der Waals surface area (Å²) in [5, 5.41) is 15.8. The molecule has 0 aliphatic rings. The molecule has 8 nitrogen and oxygen atoms in total. The number of methoxy groups -OCH3 is 1. The standard InChI is InChI=1S/C17H21N3O5/c1-11(25-14-7-5-13(24-4)6-8-14)15(21)19-12-9-18-20(10-12)17(2,3)16(22)23/h5-11H,1-4H3,(H,19,21)(H,22,23). The number of benzene rings is 1. The van der Waals surface area contributed by atoms with Gasteiger partial charge in [0.1, 0.15) is 11.5 Å². The van der Waals surface area contributed by atoms with Crippen LogP contribution in [0.15, 0.2) is 36.7 Å². The molecule has 1 amide bonds. The molecule has 0 aliphatic carbocycles. The summed E-state index contributed by atoms with van der Waals surface area (Å²) in [7, 11) is 1.57. The Balaban J connectivity index is 1.99. The summed E-state index contributed by atoms with van der Waals surface area (Å²) < 4.78 is 11.9. The van der Waals surface area contributed by atoms with Crippen LogP contribution in [0.3, 0.4) is 0 Å². The Bertz CT molecular complexity index is 752. The second-order valence-electron chi connectivity index (χ2n) is 5.96. The maximum atomic E-state index is 12.2. The van der Waals surface area contributed by atoms with Crippen LogP contribution in [0.25, 0.3) is 0 Å². The molecule has 1 aromatic carbocycles. The monoisotopic (exact) mass is 347 g/mol. The first-order valence-corrected chi connectivity index (χ1v) is 7.64. The second-order valence-corrected chi connectivity index (χ2v) is 5.96. The Morgan fingerprint density at radius 3 is 2.40 bits per heavy atom. The number of ether oxygens (including phenoxy) is 2. The quantitative estimate of drug-likeness (QED) is 0.795. The van der Waals surface area contributed by atoms with Crippen LogP contribution < -0.4 is 14.8 Å². The number of nitrogens with zero attached hydrogens (tertiary/aromatic N) is 2. The van der Waals surface area contributed by atoms with E-state index in [4.69, 9.17) is 9.47 Å². The Morgan fingerprint density at radius 1 is 1.24 bits per heavy atom. The summed E-state index contributed by atoms with van der Waals surface area (Å²) in [6.45, 7) is 4.65. The molecule has 0 fully saturated rings.